The lowest BCUT2D eigenvalue weighted by molar-refractivity contribution is -0.121. The van der Waals surface area contributed by atoms with Gasteiger partial charge in [-0.05, 0) is 25.5 Å². The summed E-state index contributed by atoms with van der Waals surface area (Å²) in [7, 11) is -2.31. The molecule has 1 amide bonds. The van der Waals surface area contributed by atoms with Crippen LogP contribution in [-0.2, 0) is 19.6 Å². The van der Waals surface area contributed by atoms with Crippen LogP contribution in [0.5, 0.6) is 0 Å². The number of ether oxygens (including phenoxy) is 1. The fraction of sp³-hybridized carbons (Fsp3) is 0.583. The van der Waals surface area contributed by atoms with Gasteiger partial charge in [-0.15, -0.1) is 11.3 Å². The molecular formula is C12H19ClN2O4S2. The summed E-state index contributed by atoms with van der Waals surface area (Å²) in [5, 5.41) is 2.65. The number of sulfonamides is 1. The van der Waals surface area contributed by atoms with Gasteiger partial charge in [-0.3, -0.25) is 4.79 Å². The Bertz CT molecular complexity index is 559. The van der Waals surface area contributed by atoms with Crippen LogP contribution in [0, 0.1) is 0 Å². The Hall–Kier alpha value is -0.670. The van der Waals surface area contributed by atoms with E-state index in [1.807, 2.05) is 6.92 Å². The van der Waals surface area contributed by atoms with Gasteiger partial charge >= 0.3 is 0 Å². The quantitative estimate of drug-likeness (QED) is 0.683. The first-order chi connectivity index (χ1) is 9.87. The lowest BCUT2D eigenvalue weighted by atomic mass is 10.4. The summed E-state index contributed by atoms with van der Waals surface area (Å²) >= 11 is 6.70. The third-order valence-electron chi connectivity index (χ3n) is 2.57. The summed E-state index contributed by atoms with van der Waals surface area (Å²) < 4.78 is 31.0. The highest BCUT2D eigenvalue weighted by Gasteiger charge is 2.24. The summed E-state index contributed by atoms with van der Waals surface area (Å²) in [6.07, 6.45) is 0.691. The molecule has 1 aromatic heterocycles. The van der Waals surface area contributed by atoms with Crippen LogP contribution in [0.25, 0.3) is 0 Å². The maximum atomic E-state index is 12.2. The molecule has 1 N–H and O–H groups in total. The van der Waals surface area contributed by atoms with E-state index in [1.54, 1.807) is 0 Å². The summed E-state index contributed by atoms with van der Waals surface area (Å²) in [6, 6.07) is 2.94. The molecule has 1 rings (SSSR count). The van der Waals surface area contributed by atoms with Crippen LogP contribution >= 0.6 is 22.9 Å². The molecule has 0 aliphatic heterocycles. The third kappa shape index (κ3) is 5.91. The Labute approximate surface area is 134 Å². The smallest absolute Gasteiger partial charge is 0.252 e. The number of rotatable bonds is 9. The monoisotopic (exact) mass is 354 g/mol. The topological polar surface area (TPSA) is 75.7 Å². The Morgan fingerprint density at radius 3 is 2.76 bits per heavy atom. The van der Waals surface area contributed by atoms with E-state index in [0.29, 0.717) is 30.5 Å². The Balaban J connectivity index is 2.45. The van der Waals surface area contributed by atoms with Gasteiger partial charge in [0, 0.05) is 26.8 Å². The van der Waals surface area contributed by atoms with Gasteiger partial charge in [0.15, 0.2) is 0 Å². The lowest BCUT2D eigenvalue weighted by Crippen LogP contribution is -2.38. The van der Waals surface area contributed by atoms with E-state index in [9.17, 15) is 13.2 Å². The molecule has 0 bridgehead atoms. The Morgan fingerprint density at radius 2 is 2.19 bits per heavy atom. The van der Waals surface area contributed by atoms with Crippen LogP contribution in [0.2, 0.25) is 4.34 Å². The van der Waals surface area contributed by atoms with E-state index < -0.39 is 10.0 Å². The number of hydrogen-bond donors (Lipinski definition) is 1. The van der Waals surface area contributed by atoms with Gasteiger partial charge in [0.1, 0.15) is 4.21 Å². The molecular weight excluding hydrogens is 336 g/mol. The first kappa shape index (κ1) is 18.4. The van der Waals surface area contributed by atoms with Gasteiger partial charge in [0.2, 0.25) is 5.91 Å². The zero-order valence-corrected chi connectivity index (χ0v) is 14.4. The average Bonchev–Trinajstić information content (AvgIpc) is 2.85. The Morgan fingerprint density at radius 1 is 1.48 bits per heavy atom. The molecule has 0 aliphatic rings. The normalized spacial score (nSPS) is 11.8. The first-order valence-corrected chi connectivity index (χ1v) is 9.07. The molecule has 0 fully saturated rings. The van der Waals surface area contributed by atoms with Crippen LogP contribution in [0.4, 0.5) is 0 Å². The molecule has 6 nitrogen and oxygen atoms in total. The number of hydrogen-bond acceptors (Lipinski definition) is 5. The number of thiophene rings is 1. The van der Waals surface area contributed by atoms with E-state index in [0.717, 1.165) is 15.6 Å². The van der Waals surface area contributed by atoms with Crippen molar-refractivity contribution < 1.29 is 17.9 Å². The van der Waals surface area contributed by atoms with Crippen molar-refractivity contribution in [3.05, 3.63) is 16.5 Å². The van der Waals surface area contributed by atoms with Crippen molar-refractivity contribution in [2.24, 2.45) is 0 Å². The molecule has 0 atom stereocenters. The number of carbonyl (C=O) groups is 1. The molecule has 9 heteroatoms. The van der Waals surface area contributed by atoms with Crippen molar-refractivity contribution in [1.82, 2.24) is 9.62 Å². The number of nitrogens with one attached hydrogen (secondary N) is 1. The molecule has 0 radical (unpaired) electrons. The van der Waals surface area contributed by atoms with Gasteiger partial charge < -0.3 is 10.1 Å². The molecule has 21 heavy (non-hydrogen) atoms. The van der Waals surface area contributed by atoms with Crippen molar-refractivity contribution >= 4 is 38.9 Å². The number of amides is 1. The zero-order chi connectivity index (χ0) is 15.9. The largest absolute Gasteiger partial charge is 0.382 e. The van der Waals surface area contributed by atoms with Gasteiger partial charge in [-0.1, -0.05) is 11.6 Å². The van der Waals surface area contributed by atoms with Crippen molar-refractivity contribution in [3.63, 3.8) is 0 Å². The minimum Gasteiger partial charge on any atom is -0.382 e. The fourth-order valence-corrected chi connectivity index (χ4v) is 4.30. The molecule has 120 valence electrons. The van der Waals surface area contributed by atoms with Gasteiger partial charge in [-0.2, -0.15) is 4.31 Å². The molecule has 1 aromatic rings. The highest BCUT2D eigenvalue weighted by Crippen LogP contribution is 2.27. The molecule has 0 spiro atoms. The number of likely N-dealkylation sites (N-methyl/N-ethyl adjacent to an activating group) is 1. The number of halogens is 1. The molecule has 0 aliphatic carbocycles. The van der Waals surface area contributed by atoms with Crippen LogP contribution in [0.1, 0.15) is 13.3 Å². The van der Waals surface area contributed by atoms with Crippen LogP contribution in [0.3, 0.4) is 0 Å². The second-order valence-corrected chi connectivity index (χ2v) is 8.21. The average molecular weight is 355 g/mol. The predicted molar refractivity (Wildman–Crippen MR) is 83.3 cm³/mol. The van der Waals surface area contributed by atoms with E-state index in [1.165, 1.54) is 19.2 Å². The minimum atomic E-state index is -3.67. The first-order valence-electron chi connectivity index (χ1n) is 6.44. The summed E-state index contributed by atoms with van der Waals surface area (Å²) in [5.74, 6) is -0.347. The Kier molecular flexibility index (Phi) is 7.61. The molecule has 0 aromatic carbocycles. The number of carbonyl (C=O) groups excluding carboxylic acids is 1. The predicted octanol–water partition coefficient (Wildman–Crippen LogP) is 1.56. The van der Waals surface area contributed by atoms with E-state index in [-0.39, 0.29) is 16.7 Å². The van der Waals surface area contributed by atoms with Gasteiger partial charge in [0.05, 0.1) is 10.9 Å². The molecule has 0 saturated heterocycles. The maximum absolute atomic E-state index is 12.2. The fourth-order valence-electron chi connectivity index (χ4n) is 1.48. The molecule has 0 unspecified atom stereocenters. The highest BCUT2D eigenvalue weighted by atomic mass is 35.5. The van der Waals surface area contributed by atoms with Crippen LogP contribution in [-0.4, -0.2) is 52.0 Å². The summed E-state index contributed by atoms with van der Waals surface area (Å²) in [6.45, 7) is 3.33. The highest BCUT2D eigenvalue weighted by molar-refractivity contribution is 7.91. The van der Waals surface area contributed by atoms with Crippen molar-refractivity contribution in [2.75, 3.05) is 33.4 Å². The maximum Gasteiger partial charge on any atom is 0.252 e. The zero-order valence-electron chi connectivity index (χ0n) is 12.0. The summed E-state index contributed by atoms with van der Waals surface area (Å²) in [5.41, 5.74) is 0. The SMILES string of the molecule is CCOCCCNC(=O)CN(C)S(=O)(=O)c1ccc(Cl)s1. The molecule has 1 heterocycles. The molecule has 0 saturated carbocycles. The van der Waals surface area contributed by atoms with E-state index in [4.69, 9.17) is 16.3 Å². The minimum absolute atomic E-state index is 0.124. The second-order valence-electron chi connectivity index (χ2n) is 4.22. The second kappa shape index (κ2) is 8.70. The van der Waals surface area contributed by atoms with E-state index in [2.05, 4.69) is 5.32 Å². The van der Waals surface area contributed by atoms with Crippen molar-refractivity contribution in [3.8, 4) is 0 Å². The lowest BCUT2D eigenvalue weighted by Gasteiger charge is -2.15. The van der Waals surface area contributed by atoms with Gasteiger partial charge in [-0.25, -0.2) is 8.42 Å². The summed E-state index contributed by atoms with van der Waals surface area (Å²) in [4.78, 5) is 11.7. The van der Waals surface area contributed by atoms with Gasteiger partial charge in [0.25, 0.3) is 10.0 Å². The standard InChI is InChI=1S/C12H19ClN2O4S2/c1-3-19-8-4-7-14-11(16)9-15(2)21(17,18)12-6-5-10(13)20-12/h5-6H,3-4,7-9H2,1-2H3,(H,14,16). The number of nitrogens with zero attached hydrogens (tertiary/aromatic N) is 1. The van der Waals surface area contributed by atoms with Crippen molar-refractivity contribution in [2.45, 2.75) is 17.6 Å². The van der Waals surface area contributed by atoms with Crippen LogP contribution < -0.4 is 5.32 Å². The van der Waals surface area contributed by atoms with Crippen molar-refractivity contribution in [1.29, 1.82) is 0 Å². The third-order valence-corrected chi connectivity index (χ3v) is 6.07. The van der Waals surface area contributed by atoms with E-state index >= 15 is 0 Å². The van der Waals surface area contributed by atoms with Crippen LogP contribution in [0.15, 0.2) is 16.3 Å².